The maximum Gasteiger partial charge on any atom is 0.302 e. The van der Waals surface area contributed by atoms with Gasteiger partial charge in [0.25, 0.3) is 0 Å². The van der Waals surface area contributed by atoms with E-state index in [9.17, 15) is 9.59 Å². The van der Waals surface area contributed by atoms with E-state index in [2.05, 4.69) is 32.1 Å². The molecule has 0 bridgehead atoms. The summed E-state index contributed by atoms with van der Waals surface area (Å²) in [6.07, 6.45) is 17.1. The highest BCUT2D eigenvalue weighted by atomic mass is 16.5. The number of allylic oxidation sites excluding steroid dienone is 3. The summed E-state index contributed by atoms with van der Waals surface area (Å²) >= 11 is 0. The summed E-state index contributed by atoms with van der Waals surface area (Å²) in [6.45, 7) is 8.38. The molecule has 0 saturated heterocycles. The predicted octanol–water partition coefficient (Wildman–Crippen LogP) is 6.03. The van der Waals surface area contributed by atoms with Gasteiger partial charge in [0.15, 0.2) is 0 Å². The second-order valence-electron chi connectivity index (χ2n) is 11.6. The lowest BCUT2D eigenvalue weighted by Crippen LogP contribution is -2.55. The van der Waals surface area contributed by atoms with Gasteiger partial charge in [-0.25, -0.2) is 0 Å². The van der Waals surface area contributed by atoms with Crippen LogP contribution in [0.25, 0.3) is 0 Å². The third-order valence-corrected chi connectivity index (χ3v) is 10.7. The van der Waals surface area contributed by atoms with E-state index in [1.807, 2.05) is 6.92 Å². The SMILES string of the molecule is CC(=O)O[C@@H]1CC[C@@]2(C)C(=CC[C@@H]3[C@H]2CC[C@@]2(C)[C@H]3C[C@@H]3CC=CC[C@@]32C(C)=O)C1. The number of carbonyl (C=O) groups is 2. The predicted molar refractivity (Wildman–Crippen MR) is 118 cm³/mol. The molecule has 0 aromatic rings. The van der Waals surface area contributed by atoms with Crippen molar-refractivity contribution < 1.29 is 14.3 Å². The van der Waals surface area contributed by atoms with E-state index >= 15 is 0 Å². The van der Waals surface area contributed by atoms with Crippen LogP contribution in [0.2, 0.25) is 0 Å². The van der Waals surface area contributed by atoms with Gasteiger partial charge < -0.3 is 4.74 Å². The van der Waals surface area contributed by atoms with Crippen LogP contribution in [0, 0.1) is 39.9 Å². The van der Waals surface area contributed by atoms with Gasteiger partial charge in [0.05, 0.1) is 0 Å². The highest BCUT2D eigenvalue weighted by Gasteiger charge is 2.68. The quantitative estimate of drug-likeness (QED) is 0.412. The number of esters is 1. The van der Waals surface area contributed by atoms with Crippen molar-refractivity contribution in [2.45, 2.75) is 91.6 Å². The van der Waals surface area contributed by atoms with Crippen molar-refractivity contribution in [3.63, 3.8) is 0 Å². The number of ether oxygens (including phenoxy) is 1. The number of Topliss-reactive ketones (excluding diaryl/α,β-unsaturated/α-hetero) is 1. The van der Waals surface area contributed by atoms with Gasteiger partial charge in [-0.2, -0.15) is 0 Å². The molecule has 164 valence electrons. The van der Waals surface area contributed by atoms with E-state index < -0.39 is 0 Å². The number of carbonyl (C=O) groups excluding carboxylic acids is 2. The molecule has 0 spiro atoms. The van der Waals surface area contributed by atoms with Crippen molar-refractivity contribution in [2.24, 2.45) is 39.9 Å². The zero-order chi connectivity index (χ0) is 21.3. The summed E-state index contributed by atoms with van der Waals surface area (Å²) in [6, 6.07) is 0. The molecule has 30 heavy (non-hydrogen) atoms. The molecule has 3 saturated carbocycles. The lowest BCUT2D eigenvalue weighted by Gasteiger charge is -2.60. The van der Waals surface area contributed by atoms with Crippen molar-refractivity contribution in [3.05, 3.63) is 23.8 Å². The second kappa shape index (κ2) is 6.81. The highest BCUT2D eigenvalue weighted by Crippen LogP contribution is 2.73. The van der Waals surface area contributed by atoms with Crippen molar-refractivity contribution in [1.29, 1.82) is 0 Å². The lowest BCUT2D eigenvalue weighted by atomic mass is 9.44. The summed E-state index contributed by atoms with van der Waals surface area (Å²) in [5.74, 6) is 2.90. The molecule has 0 radical (unpaired) electrons. The molecule has 3 nitrogen and oxygen atoms in total. The first-order chi connectivity index (χ1) is 14.2. The van der Waals surface area contributed by atoms with Crippen LogP contribution in [-0.4, -0.2) is 17.9 Å². The maximum atomic E-state index is 13.2. The number of rotatable bonds is 2. The molecule has 8 atom stereocenters. The number of ketones is 1. The first-order valence-electron chi connectivity index (χ1n) is 12.2. The van der Waals surface area contributed by atoms with Crippen LogP contribution < -0.4 is 0 Å². The van der Waals surface area contributed by atoms with Gasteiger partial charge in [-0.05, 0) is 92.8 Å². The van der Waals surface area contributed by atoms with Gasteiger partial charge in [-0.15, -0.1) is 0 Å². The first kappa shape index (κ1) is 20.5. The summed E-state index contributed by atoms with van der Waals surface area (Å²) in [5.41, 5.74) is 1.81. The Balaban J connectivity index is 1.47. The van der Waals surface area contributed by atoms with Gasteiger partial charge >= 0.3 is 5.97 Å². The summed E-state index contributed by atoms with van der Waals surface area (Å²) in [4.78, 5) is 24.6. The molecule has 0 N–H and O–H groups in total. The van der Waals surface area contributed by atoms with E-state index in [0.29, 0.717) is 29.5 Å². The van der Waals surface area contributed by atoms with Gasteiger partial charge in [0.1, 0.15) is 11.9 Å². The number of hydrogen-bond donors (Lipinski definition) is 0. The maximum absolute atomic E-state index is 13.2. The second-order valence-corrected chi connectivity index (χ2v) is 11.6. The lowest BCUT2D eigenvalue weighted by molar-refractivity contribution is -0.150. The first-order valence-corrected chi connectivity index (χ1v) is 12.2. The molecule has 0 aromatic heterocycles. The Kier molecular flexibility index (Phi) is 4.66. The summed E-state index contributed by atoms with van der Waals surface area (Å²) in [5, 5.41) is 0. The molecule has 5 rings (SSSR count). The van der Waals surface area contributed by atoms with Crippen LogP contribution in [0.5, 0.6) is 0 Å². The molecule has 0 unspecified atom stereocenters. The summed E-state index contributed by atoms with van der Waals surface area (Å²) in [7, 11) is 0. The Bertz CT molecular complexity index is 824. The third-order valence-electron chi connectivity index (χ3n) is 10.7. The van der Waals surface area contributed by atoms with Crippen molar-refractivity contribution in [1.82, 2.24) is 0 Å². The monoisotopic (exact) mass is 410 g/mol. The van der Waals surface area contributed by atoms with Gasteiger partial charge in [0, 0.05) is 18.8 Å². The van der Waals surface area contributed by atoms with Crippen LogP contribution in [0.15, 0.2) is 23.8 Å². The molecular formula is C27H38O3. The molecule has 0 heterocycles. The molecule has 3 fully saturated rings. The molecule has 5 aliphatic carbocycles. The summed E-state index contributed by atoms with van der Waals surface area (Å²) < 4.78 is 5.59. The average Bonchev–Trinajstić information content (AvgIpc) is 2.98. The fourth-order valence-electron chi connectivity index (χ4n) is 9.31. The minimum atomic E-state index is -0.150. The molecular weight excluding hydrogens is 372 g/mol. The Morgan fingerprint density at radius 2 is 1.83 bits per heavy atom. The van der Waals surface area contributed by atoms with Crippen molar-refractivity contribution in [2.75, 3.05) is 0 Å². The van der Waals surface area contributed by atoms with E-state index in [0.717, 1.165) is 38.5 Å². The van der Waals surface area contributed by atoms with Crippen LogP contribution in [0.1, 0.15) is 85.5 Å². The van der Waals surface area contributed by atoms with Crippen molar-refractivity contribution >= 4 is 11.8 Å². The minimum Gasteiger partial charge on any atom is -0.462 e. The molecule has 5 aliphatic rings. The minimum absolute atomic E-state index is 0.0636. The molecule has 3 heteroatoms. The fraction of sp³-hybridized carbons (Fsp3) is 0.778. The van der Waals surface area contributed by atoms with Gasteiger partial charge in [0.2, 0.25) is 0 Å². The molecule has 0 amide bonds. The van der Waals surface area contributed by atoms with E-state index in [-0.39, 0.29) is 28.3 Å². The smallest absolute Gasteiger partial charge is 0.302 e. The average molecular weight is 411 g/mol. The van der Waals surface area contributed by atoms with Crippen LogP contribution in [-0.2, 0) is 14.3 Å². The topological polar surface area (TPSA) is 43.4 Å². The standard InChI is InChI=1S/C27H38O3/c1-17(28)27-12-6-5-7-20(27)16-24-22-9-8-19-15-21(30-18(2)29)10-13-25(19,3)23(22)11-14-26(24,27)4/h5-6,8,20-24H,7,9-16H2,1-4H3/t20-,21+,22+,23+,24-,25-,26-,27+/m0/s1. The number of fused-ring (bicyclic) bond motifs is 7. The van der Waals surface area contributed by atoms with E-state index in [4.69, 9.17) is 4.74 Å². The zero-order valence-electron chi connectivity index (χ0n) is 19.2. The van der Waals surface area contributed by atoms with Crippen LogP contribution >= 0.6 is 0 Å². The fourth-order valence-corrected chi connectivity index (χ4v) is 9.31. The van der Waals surface area contributed by atoms with Crippen LogP contribution in [0.3, 0.4) is 0 Å². The largest absolute Gasteiger partial charge is 0.462 e. The Morgan fingerprint density at radius 1 is 1.03 bits per heavy atom. The van der Waals surface area contributed by atoms with E-state index in [1.54, 1.807) is 5.57 Å². The van der Waals surface area contributed by atoms with Crippen molar-refractivity contribution in [3.8, 4) is 0 Å². The zero-order valence-corrected chi connectivity index (χ0v) is 19.2. The highest BCUT2D eigenvalue weighted by molar-refractivity contribution is 5.85. The third kappa shape index (κ3) is 2.56. The Hall–Kier alpha value is -1.38. The number of hydrogen-bond acceptors (Lipinski definition) is 3. The molecule has 0 aromatic carbocycles. The normalized spacial score (nSPS) is 49.2. The van der Waals surface area contributed by atoms with Crippen LogP contribution in [0.4, 0.5) is 0 Å². The van der Waals surface area contributed by atoms with E-state index in [1.165, 1.54) is 26.2 Å². The van der Waals surface area contributed by atoms with Gasteiger partial charge in [-0.3, -0.25) is 9.59 Å². The molecule has 0 aliphatic heterocycles. The Labute approximate surface area is 181 Å². The van der Waals surface area contributed by atoms with Gasteiger partial charge in [-0.1, -0.05) is 37.6 Å². The Morgan fingerprint density at radius 3 is 2.57 bits per heavy atom.